The number of carbonyl (C=O) groups excluding carboxylic acids is 1. The molecule has 8 nitrogen and oxygen atoms in total. The van der Waals surface area contributed by atoms with E-state index in [1.807, 2.05) is 6.07 Å². The number of carbonyl (C=O) groups is 2. The molecule has 0 unspecified atom stereocenters. The van der Waals surface area contributed by atoms with Gasteiger partial charge in [-0.15, -0.1) is 0 Å². The van der Waals surface area contributed by atoms with Crippen LogP contribution in [0.3, 0.4) is 0 Å². The smallest absolute Gasteiger partial charge is 0.335 e. The van der Waals surface area contributed by atoms with Crippen LogP contribution in [0.25, 0.3) is 11.1 Å². The van der Waals surface area contributed by atoms with Crippen LogP contribution in [0.15, 0.2) is 54.9 Å². The van der Waals surface area contributed by atoms with Gasteiger partial charge >= 0.3 is 5.97 Å². The fourth-order valence-electron chi connectivity index (χ4n) is 4.69. The lowest BCUT2D eigenvalue weighted by molar-refractivity contribution is -0.118. The van der Waals surface area contributed by atoms with Gasteiger partial charge in [-0.1, -0.05) is 35.3 Å². The largest absolute Gasteiger partial charge is 0.491 e. The molecule has 0 saturated heterocycles. The maximum absolute atomic E-state index is 14.6. The van der Waals surface area contributed by atoms with E-state index in [2.05, 4.69) is 5.10 Å². The molecule has 3 aromatic carbocycles. The van der Waals surface area contributed by atoms with Crippen LogP contribution in [0.2, 0.25) is 10.0 Å². The van der Waals surface area contributed by atoms with Crippen molar-refractivity contribution in [1.82, 2.24) is 9.78 Å². The number of anilines is 1. The van der Waals surface area contributed by atoms with Crippen LogP contribution in [0, 0.1) is 17.5 Å². The Balaban J connectivity index is 1.30. The summed E-state index contributed by atoms with van der Waals surface area (Å²) in [6.45, 7) is 0.613. The average Bonchev–Trinajstić information content (AvgIpc) is 3.33. The number of ether oxygens (including phenoxy) is 2. The van der Waals surface area contributed by atoms with Crippen molar-refractivity contribution in [3.05, 3.63) is 93.5 Å². The Labute approximate surface area is 254 Å². The van der Waals surface area contributed by atoms with Gasteiger partial charge in [0, 0.05) is 40.9 Å². The molecule has 1 aliphatic rings. The van der Waals surface area contributed by atoms with Crippen LogP contribution in [-0.4, -0.2) is 46.5 Å². The maximum atomic E-state index is 14.6. The van der Waals surface area contributed by atoms with Crippen LogP contribution >= 0.6 is 23.2 Å². The highest BCUT2D eigenvalue weighted by Crippen LogP contribution is 2.40. The molecule has 4 aromatic rings. The van der Waals surface area contributed by atoms with Crippen LogP contribution in [0.5, 0.6) is 11.5 Å². The number of hydrogen-bond donors (Lipinski definition) is 1. The Morgan fingerprint density at radius 1 is 1.07 bits per heavy atom. The fraction of sp³-hybridized carbons (Fsp3) is 0.233. The van der Waals surface area contributed by atoms with Crippen molar-refractivity contribution in [1.29, 1.82) is 0 Å². The molecule has 1 N–H and O–H groups in total. The molecule has 224 valence electrons. The Hall–Kier alpha value is -4.22. The number of carboxylic acid groups (broad SMARTS) is 1. The number of hydrogen-bond acceptors (Lipinski definition) is 5. The van der Waals surface area contributed by atoms with Crippen molar-refractivity contribution >= 4 is 40.8 Å². The summed E-state index contributed by atoms with van der Waals surface area (Å²) in [5, 5.41) is 13.1. The van der Waals surface area contributed by atoms with E-state index in [0.717, 1.165) is 18.2 Å². The zero-order valence-electron chi connectivity index (χ0n) is 22.5. The molecule has 5 rings (SSSR count). The SMILES string of the molecule is O=C(O)c1cc(F)c(Cn2cc(-c3cccc4c3OCCCN4C(=O)CCCOc3c(F)ccc(Cl)c3F)cn2)c(Cl)c1. The van der Waals surface area contributed by atoms with E-state index >= 15 is 0 Å². The molecule has 1 amide bonds. The molecule has 13 heteroatoms. The molecule has 1 aromatic heterocycles. The third kappa shape index (κ3) is 6.57. The first-order valence-corrected chi connectivity index (χ1v) is 14.0. The Kier molecular flexibility index (Phi) is 9.12. The van der Waals surface area contributed by atoms with Gasteiger partial charge in [-0.2, -0.15) is 5.10 Å². The standard InChI is InChI=1S/C30H24Cl2F3N3O5/c31-21-7-8-23(33)29(27(21)35)43-10-2-6-26(39)38-9-3-11-42-28-19(4-1-5-25(28)38)18-14-36-37(15-18)16-20-22(32)12-17(30(40)41)13-24(20)34/h1,4-5,7-8,12-15H,2-3,6,9-11,16H2,(H,40,41). The highest BCUT2D eigenvalue weighted by Gasteiger charge is 2.25. The van der Waals surface area contributed by atoms with Gasteiger partial charge in [-0.25, -0.2) is 18.0 Å². The van der Waals surface area contributed by atoms with Gasteiger partial charge < -0.3 is 19.5 Å². The van der Waals surface area contributed by atoms with Gasteiger partial charge in [0.15, 0.2) is 23.1 Å². The molecule has 0 spiro atoms. The minimum absolute atomic E-state index is 0.0336. The zero-order chi connectivity index (χ0) is 30.7. The van der Waals surface area contributed by atoms with Crippen LogP contribution < -0.4 is 14.4 Å². The van der Waals surface area contributed by atoms with E-state index in [4.69, 9.17) is 37.8 Å². The molecule has 0 saturated carbocycles. The first-order valence-electron chi connectivity index (χ1n) is 13.2. The molecule has 0 radical (unpaired) electrons. The second-order valence-corrected chi connectivity index (χ2v) is 10.5. The number of fused-ring (bicyclic) bond motifs is 1. The lowest BCUT2D eigenvalue weighted by Gasteiger charge is -2.23. The van der Waals surface area contributed by atoms with E-state index in [0.29, 0.717) is 42.1 Å². The molecule has 0 aliphatic carbocycles. The summed E-state index contributed by atoms with van der Waals surface area (Å²) in [6.07, 6.45) is 4.06. The van der Waals surface area contributed by atoms with Crippen molar-refractivity contribution in [2.75, 3.05) is 24.7 Å². The number of para-hydroxylation sites is 1. The summed E-state index contributed by atoms with van der Waals surface area (Å²) in [4.78, 5) is 26.0. The quantitative estimate of drug-likeness (QED) is 0.158. The van der Waals surface area contributed by atoms with Crippen LogP contribution in [0.4, 0.5) is 18.9 Å². The minimum Gasteiger partial charge on any atom is -0.491 e. The summed E-state index contributed by atoms with van der Waals surface area (Å²) < 4.78 is 55.4. The molecular weight excluding hydrogens is 610 g/mol. The van der Waals surface area contributed by atoms with Crippen molar-refractivity contribution in [2.24, 2.45) is 0 Å². The molecule has 1 aliphatic heterocycles. The topological polar surface area (TPSA) is 93.9 Å². The highest BCUT2D eigenvalue weighted by atomic mass is 35.5. The predicted octanol–water partition coefficient (Wildman–Crippen LogP) is 7.00. The normalized spacial score (nSPS) is 12.8. The monoisotopic (exact) mass is 633 g/mol. The summed E-state index contributed by atoms with van der Waals surface area (Å²) in [7, 11) is 0. The number of amides is 1. The number of rotatable bonds is 9. The second-order valence-electron chi connectivity index (χ2n) is 9.68. The Bertz CT molecular complexity index is 1670. The second kappa shape index (κ2) is 13.0. The van der Waals surface area contributed by atoms with E-state index in [1.165, 1.54) is 10.7 Å². The number of nitrogens with zero attached hydrogens (tertiary/aromatic N) is 3. The summed E-state index contributed by atoms with van der Waals surface area (Å²) in [5.74, 6) is -4.25. The zero-order valence-corrected chi connectivity index (χ0v) is 24.0. The van der Waals surface area contributed by atoms with Gasteiger partial charge in [0.1, 0.15) is 5.82 Å². The van der Waals surface area contributed by atoms with Crippen molar-refractivity contribution in [3.8, 4) is 22.6 Å². The molecular formula is C30H24Cl2F3N3O5. The minimum atomic E-state index is -1.29. The number of aromatic nitrogens is 2. The average molecular weight is 634 g/mol. The maximum Gasteiger partial charge on any atom is 0.335 e. The van der Waals surface area contributed by atoms with Gasteiger partial charge in [0.05, 0.1) is 42.2 Å². The molecule has 0 fully saturated rings. The molecule has 0 bridgehead atoms. The highest BCUT2D eigenvalue weighted by molar-refractivity contribution is 6.31. The van der Waals surface area contributed by atoms with Crippen molar-refractivity contribution in [3.63, 3.8) is 0 Å². The molecule has 0 atom stereocenters. The Morgan fingerprint density at radius 2 is 1.88 bits per heavy atom. The number of benzene rings is 3. The van der Waals surface area contributed by atoms with Gasteiger partial charge in [-0.05, 0) is 43.2 Å². The lowest BCUT2D eigenvalue weighted by Crippen LogP contribution is -2.31. The fourth-order valence-corrected chi connectivity index (χ4v) is 5.11. The van der Waals surface area contributed by atoms with Gasteiger partial charge in [0.2, 0.25) is 5.91 Å². The van der Waals surface area contributed by atoms with E-state index in [9.17, 15) is 22.8 Å². The number of carboxylic acids is 1. The number of aromatic carboxylic acids is 1. The van der Waals surface area contributed by atoms with E-state index < -0.39 is 29.2 Å². The summed E-state index contributed by atoms with van der Waals surface area (Å²) in [6, 6.07) is 9.54. The first kappa shape index (κ1) is 30.2. The third-order valence-electron chi connectivity index (χ3n) is 6.79. The lowest BCUT2D eigenvalue weighted by atomic mass is 10.1. The van der Waals surface area contributed by atoms with E-state index in [1.54, 1.807) is 29.4 Å². The van der Waals surface area contributed by atoms with Crippen molar-refractivity contribution in [2.45, 2.75) is 25.8 Å². The Morgan fingerprint density at radius 3 is 2.65 bits per heavy atom. The molecule has 2 heterocycles. The van der Waals surface area contributed by atoms with Crippen LogP contribution in [0.1, 0.15) is 35.2 Å². The third-order valence-corrected chi connectivity index (χ3v) is 7.42. The summed E-state index contributed by atoms with van der Waals surface area (Å²) >= 11 is 11.9. The van der Waals surface area contributed by atoms with Gasteiger partial charge in [0.25, 0.3) is 0 Å². The first-order chi connectivity index (χ1) is 20.6. The number of halogens is 5. The predicted molar refractivity (Wildman–Crippen MR) is 154 cm³/mol. The van der Waals surface area contributed by atoms with Gasteiger partial charge in [-0.3, -0.25) is 9.48 Å². The van der Waals surface area contributed by atoms with Crippen LogP contribution in [-0.2, 0) is 11.3 Å². The molecule has 43 heavy (non-hydrogen) atoms. The summed E-state index contributed by atoms with van der Waals surface area (Å²) in [5.41, 5.74) is 1.69. The van der Waals surface area contributed by atoms with Crippen molar-refractivity contribution < 1.29 is 37.3 Å². The van der Waals surface area contributed by atoms with E-state index in [-0.39, 0.29) is 53.1 Å².